The van der Waals surface area contributed by atoms with Crippen molar-refractivity contribution in [3.05, 3.63) is 42.5 Å². The van der Waals surface area contributed by atoms with Crippen LogP contribution in [0.2, 0.25) is 0 Å². The maximum absolute atomic E-state index is 14.4. The number of aliphatic hydroxyl groups excluding tert-OH is 1. The van der Waals surface area contributed by atoms with E-state index in [0.29, 0.717) is 18.0 Å². The second kappa shape index (κ2) is 8.37. The Kier molecular flexibility index (Phi) is 5.36. The predicted molar refractivity (Wildman–Crippen MR) is 123 cm³/mol. The van der Waals surface area contributed by atoms with Crippen LogP contribution < -0.4 is 25.6 Å². The van der Waals surface area contributed by atoms with Gasteiger partial charge >= 0.3 is 0 Å². The summed E-state index contributed by atoms with van der Waals surface area (Å²) >= 11 is 0. The summed E-state index contributed by atoms with van der Waals surface area (Å²) in [7, 11) is 0. The van der Waals surface area contributed by atoms with Crippen molar-refractivity contribution in [3.8, 4) is 5.75 Å². The van der Waals surface area contributed by atoms with Gasteiger partial charge in [0.15, 0.2) is 28.8 Å². The van der Waals surface area contributed by atoms with Crippen molar-refractivity contribution in [1.29, 1.82) is 0 Å². The Balaban J connectivity index is 1.30. The predicted octanol–water partition coefficient (Wildman–Crippen LogP) is 2.57. The number of anilines is 6. The Morgan fingerprint density at radius 3 is 2.76 bits per heavy atom. The van der Waals surface area contributed by atoms with Crippen LogP contribution in [0.1, 0.15) is 20.3 Å². The number of pyridine rings is 2. The van der Waals surface area contributed by atoms with Gasteiger partial charge in [-0.1, -0.05) is 0 Å². The van der Waals surface area contributed by atoms with Gasteiger partial charge in [-0.3, -0.25) is 4.79 Å². The standard InChI is InChI=1S/C22H23FN8O3/c1-22(2)20(33)29-19-15(34-22)4-5-16(28-19)27-18-14(23)10-25-21(30-18)26-12-3-6-17(24-9-12)31-8-7-13(32)11-31/h3-6,9-10,13,32H,7-8,11H2,1-2H3,(H3,25,26,27,28,29,30,33)/t13-/m1/s1. The minimum atomic E-state index is -1.01. The average molecular weight is 466 g/mol. The Morgan fingerprint density at radius 1 is 1.18 bits per heavy atom. The maximum atomic E-state index is 14.4. The number of hydrogen-bond acceptors (Lipinski definition) is 10. The van der Waals surface area contributed by atoms with Crippen molar-refractivity contribution in [3.63, 3.8) is 0 Å². The second-order valence-corrected chi connectivity index (χ2v) is 8.54. The molecule has 5 heterocycles. The molecule has 12 heteroatoms. The molecule has 34 heavy (non-hydrogen) atoms. The summed E-state index contributed by atoms with van der Waals surface area (Å²) in [6.07, 6.45) is 3.04. The average Bonchev–Trinajstić information content (AvgIpc) is 3.24. The van der Waals surface area contributed by atoms with Gasteiger partial charge in [0.25, 0.3) is 5.91 Å². The largest absolute Gasteiger partial charge is 0.474 e. The lowest BCUT2D eigenvalue weighted by molar-refractivity contribution is -0.129. The molecule has 1 fully saturated rings. The van der Waals surface area contributed by atoms with Crippen molar-refractivity contribution in [2.45, 2.75) is 32.0 Å². The van der Waals surface area contributed by atoms with Gasteiger partial charge in [-0.15, -0.1) is 0 Å². The maximum Gasteiger partial charge on any atom is 0.269 e. The van der Waals surface area contributed by atoms with Gasteiger partial charge in [0.05, 0.1) is 24.2 Å². The first-order chi connectivity index (χ1) is 16.3. The first kappa shape index (κ1) is 21.8. The molecule has 1 saturated heterocycles. The summed E-state index contributed by atoms with van der Waals surface area (Å²) in [5.41, 5.74) is -0.387. The van der Waals surface area contributed by atoms with E-state index in [-0.39, 0.29) is 35.4 Å². The molecule has 4 N–H and O–H groups in total. The molecule has 0 aromatic carbocycles. The highest BCUT2D eigenvalue weighted by Gasteiger charge is 2.36. The monoisotopic (exact) mass is 466 g/mol. The number of rotatable bonds is 5. The molecule has 5 rings (SSSR count). The van der Waals surface area contributed by atoms with E-state index in [4.69, 9.17) is 4.74 Å². The van der Waals surface area contributed by atoms with Crippen LogP contribution in [-0.2, 0) is 4.79 Å². The zero-order chi connectivity index (χ0) is 23.9. The van der Waals surface area contributed by atoms with E-state index in [0.717, 1.165) is 25.0 Å². The van der Waals surface area contributed by atoms with Gasteiger partial charge in [-0.25, -0.2) is 19.3 Å². The summed E-state index contributed by atoms with van der Waals surface area (Å²) in [4.78, 5) is 31.0. The number of carbonyl (C=O) groups excluding carboxylic acids is 1. The van der Waals surface area contributed by atoms with Gasteiger partial charge in [0.1, 0.15) is 11.6 Å². The smallest absolute Gasteiger partial charge is 0.269 e. The van der Waals surface area contributed by atoms with Gasteiger partial charge < -0.3 is 30.7 Å². The molecule has 0 unspecified atom stereocenters. The fraction of sp³-hybridized carbons (Fsp3) is 0.318. The summed E-state index contributed by atoms with van der Waals surface area (Å²) in [5, 5.41) is 18.2. The Labute approximate surface area is 194 Å². The van der Waals surface area contributed by atoms with Crippen LogP contribution in [0.4, 0.5) is 39.3 Å². The first-order valence-electron chi connectivity index (χ1n) is 10.7. The van der Waals surface area contributed by atoms with Gasteiger partial charge in [0.2, 0.25) is 5.95 Å². The lowest BCUT2D eigenvalue weighted by Crippen LogP contribution is -2.46. The SMILES string of the molecule is CC1(C)Oc2ccc(Nc3nc(Nc4ccc(N5CC[C@@H](O)C5)nc4)ncc3F)nc2NC1=O. The molecule has 0 saturated carbocycles. The van der Waals surface area contributed by atoms with Crippen LogP contribution in [0.25, 0.3) is 0 Å². The van der Waals surface area contributed by atoms with Crippen molar-refractivity contribution in [1.82, 2.24) is 19.9 Å². The molecular formula is C22H23FN8O3. The molecule has 0 spiro atoms. The summed E-state index contributed by atoms with van der Waals surface area (Å²) in [6.45, 7) is 4.62. The number of ether oxygens (including phenoxy) is 1. The zero-order valence-electron chi connectivity index (χ0n) is 18.5. The molecule has 0 aliphatic carbocycles. The van der Waals surface area contributed by atoms with Gasteiger partial charge in [-0.2, -0.15) is 4.98 Å². The van der Waals surface area contributed by atoms with Crippen LogP contribution in [0, 0.1) is 5.82 Å². The lowest BCUT2D eigenvalue weighted by atomic mass is 10.1. The van der Waals surface area contributed by atoms with Gasteiger partial charge in [-0.05, 0) is 44.5 Å². The molecule has 2 aliphatic heterocycles. The topological polar surface area (TPSA) is 137 Å². The van der Waals surface area contributed by atoms with Crippen molar-refractivity contribution >= 4 is 40.8 Å². The Hall–Kier alpha value is -4.06. The summed E-state index contributed by atoms with van der Waals surface area (Å²) in [6, 6.07) is 6.87. The third kappa shape index (κ3) is 4.39. The lowest BCUT2D eigenvalue weighted by Gasteiger charge is -2.30. The number of nitrogens with zero attached hydrogens (tertiary/aromatic N) is 5. The molecule has 0 radical (unpaired) electrons. The molecule has 0 bridgehead atoms. The number of halogens is 1. The number of amides is 1. The van der Waals surface area contributed by atoms with E-state index in [1.807, 2.05) is 17.0 Å². The van der Waals surface area contributed by atoms with E-state index in [2.05, 4.69) is 35.9 Å². The van der Waals surface area contributed by atoms with Crippen molar-refractivity contribution < 1.29 is 19.0 Å². The van der Waals surface area contributed by atoms with E-state index in [1.165, 1.54) is 0 Å². The van der Waals surface area contributed by atoms with Crippen LogP contribution in [0.5, 0.6) is 5.75 Å². The van der Waals surface area contributed by atoms with Crippen LogP contribution in [0.15, 0.2) is 36.7 Å². The highest BCUT2D eigenvalue weighted by molar-refractivity contribution is 5.99. The Morgan fingerprint density at radius 2 is 2.03 bits per heavy atom. The fourth-order valence-electron chi connectivity index (χ4n) is 3.63. The Bertz CT molecular complexity index is 1240. The van der Waals surface area contributed by atoms with Crippen LogP contribution in [-0.4, -0.2) is 55.7 Å². The molecule has 176 valence electrons. The number of aliphatic hydroxyl groups is 1. The third-order valence-electron chi connectivity index (χ3n) is 5.48. The quantitative estimate of drug-likeness (QED) is 0.444. The van der Waals surface area contributed by atoms with E-state index >= 15 is 0 Å². The summed E-state index contributed by atoms with van der Waals surface area (Å²) < 4.78 is 20.0. The van der Waals surface area contributed by atoms with Crippen molar-refractivity contribution in [2.75, 3.05) is 33.9 Å². The molecule has 3 aromatic rings. The number of carbonyl (C=O) groups is 1. The minimum absolute atomic E-state index is 0.0935. The molecule has 11 nitrogen and oxygen atoms in total. The molecular weight excluding hydrogens is 443 g/mol. The van der Waals surface area contributed by atoms with E-state index in [9.17, 15) is 14.3 Å². The number of β-amino-alcohol motifs (C(OH)–C–C–N with tert-alkyl or cyclic N) is 1. The number of aromatic nitrogens is 4. The zero-order valence-corrected chi connectivity index (χ0v) is 18.5. The van der Waals surface area contributed by atoms with E-state index < -0.39 is 11.4 Å². The minimum Gasteiger partial charge on any atom is -0.474 e. The highest BCUT2D eigenvalue weighted by Crippen LogP contribution is 2.33. The molecule has 3 aromatic heterocycles. The first-order valence-corrected chi connectivity index (χ1v) is 10.7. The second-order valence-electron chi connectivity index (χ2n) is 8.54. The number of nitrogens with one attached hydrogen (secondary N) is 3. The third-order valence-corrected chi connectivity index (χ3v) is 5.48. The highest BCUT2D eigenvalue weighted by atomic mass is 19.1. The number of fused-ring (bicyclic) bond motifs is 1. The normalized spacial score (nSPS) is 18.6. The van der Waals surface area contributed by atoms with E-state index in [1.54, 1.807) is 32.2 Å². The molecule has 2 aliphatic rings. The van der Waals surface area contributed by atoms with Crippen LogP contribution >= 0.6 is 0 Å². The summed E-state index contributed by atoms with van der Waals surface area (Å²) in [5.74, 6) is 0.749. The van der Waals surface area contributed by atoms with Crippen LogP contribution in [0.3, 0.4) is 0 Å². The molecule has 1 amide bonds. The molecule has 1 atom stereocenters. The van der Waals surface area contributed by atoms with Crippen molar-refractivity contribution in [2.24, 2.45) is 0 Å². The fourth-order valence-corrected chi connectivity index (χ4v) is 3.63. The van der Waals surface area contributed by atoms with Gasteiger partial charge in [0, 0.05) is 13.1 Å². The number of hydrogen-bond donors (Lipinski definition) is 4.